The quantitative estimate of drug-likeness (QED) is 0.544. The lowest BCUT2D eigenvalue weighted by molar-refractivity contribution is 0.294. The van der Waals surface area contributed by atoms with E-state index in [-0.39, 0.29) is 0 Å². The molecular weight excluding hydrogens is 168 g/mol. The van der Waals surface area contributed by atoms with Gasteiger partial charge in [-0.05, 0) is 42.9 Å². The average molecular weight is 196 g/mol. The highest BCUT2D eigenvalue weighted by molar-refractivity contribution is 4.83. The standard InChI is InChI=1S/C14H28/c1-5-7-11(3)13(6-2)8-9-14-10-12(14)4/h11-14H,5-10H2,1-4H3. The Labute approximate surface area is 90.5 Å². The van der Waals surface area contributed by atoms with Crippen molar-refractivity contribution in [3.8, 4) is 0 Å². The maximum absolute atomic E-state index is 2.45. The third-order valence-electron chi connectivity index (χ3n) is 4.26. The molecule has 0 amide bonds. The van der Waals surface area contributed by atoms with Gasteiger partial charge >= 0.3 is 0 Å². The normalized spacial score (nSPS) is 30.0. The smallest absolute Gasteiger partial charge is 0.0386 e. The number of hydrogen-bond donors (Lipinski definition) is 0. The Morgan fingerprint density at radius 3 is 2.29 bits per heavy atom. The van der Waals surface area contributed by atoms with Crippen LogP contribution in [-0.2, 0) is 0 Å². The van der Waals surface area contributed by atoms with E-state index in [1.54, 1.807) is 0 Å². The summed E-state index contributed by atoms with van der Waals surface area (Å²) in [5.41, 5.74) is 0. The Balaban J connectivity index is 2.16. The van der Waals surface area contributed by atoms with Crippen molar-refractivity contribution in [3.05, 3.63) is 0 Å². The zero-order chi connectivity index (χ0) is 10.6. The van der Waals surface area contributed by atoms with Crippen molar-refractivity contribution in [3.63, 3.8) is 0 Å². The lowest BCUT2D eigenvalue weighted by Gasteiger charge is -2.22. The van der Waals surface area contributed by atoms with E-state index in [1.807, 2.05) is 0 Å². The largest absolute Gasteiger partial charge is 0.0654 e. The summed E-state index contributed by atoms with van der Waals surface area (Å²) in [5, 5.41) is 0. The van der Waals surface area contributed by atoms with Crippen molar-refractivity contribution in [1.29, 1.82) is 0 Å². The molecule has 1 fully saturated rings. The molecule has 0 aromatic heterocycles. The fourth-order valence-corrected chi connectivity index (χ4v) is 2.81. The zero-order valence-corrected chi connectivity index (χ0v) is 10.6. The molecule has 1 aliphatic carbocycles. The predicted octanol–water partition coefficient (Wildman–Crippen LogP) is 4.89. The van der Waals surface area contributed by atoms with Crippen molar-refractivity contribution < 1.29 is 0 Å². The van der Waals surface area contributed by atoms with Crippen molar-refractivity contribution >= 4 is 0 Å². The van der Waals surface area contributed by atoms with Gasteiger partial charge in [-0.3, -0.25) is 0 Å². The second-order valence-electron chi connectivity index (χ2n) is 5.48. The molecule has 0 aromatic carbocycles. The molecule has 0 spiro atoms. The number of hydrogen-bond acceptors (Lipinski definition) is 0. The summed E-state index contributed by atoms with van der Waals surface area (Å²) in [7, 11) is 0. The van der Waals surface area contributed by atoms with E-state index >= 15 is 0 Å². The minimum atomic E-state index is 0.957. The van der Waals surface area contributed by atoms with Gasteiger partial charge in [0.2, 0.25) is 0 Å². The fourth-order valence-electron chi connectivity index (χ4n) is 2.81. The van der Waals surface area contributed by atoms with E-state index < -0.39 is 0 Å². The molecule has 0 N–H and O–H groups in total. The molecular formula is C14H28. The summed E-state index contributed by atoms with van der Waals surface area (Å²) >= 11 is 0. The molecule has 0 radical (unpaired) electrons. The average Bonchev–Trinajstić information content (AvgIpc) is 2.83. The van der Waals surface area contributed by atoms with Gasteiger partial charge in [-0.1, -0.05) is 47.0 Å². The Morgan fingerprint density at radius 2 is 1.86 bits per heavy atom. The maximum Gasteiger partial charge on any atom is -0.0386 e. The van der Waals surface area contributed by atoms with E-state index in [0.717, 1.165) is 23.7 Å². The highest BCUT2D eigenvalue weighted by Gasteiger charge is 2.32. The topological polar surface area (TPSA) is 0 Å². The molecule has 0 heteroatoms. The molecule has 1 rings (SSSR count). The SMILES string of the molecule is CCCC(C)C(CC)CCC1CC1C. The van der Waals surface area contributed by atoms with Crippen LogP contribution in [0, 0.1) is 23.7 Å². The van der Waals surface area contributed by atoms with Crippen LogP contribution in [0.2, 0.25) is 0 Å². The van der Waals surface area contributed by atoms with Gasteiger partial charge in [0, 0.05) is 0 Å². The molecule has 0 saturated heterocycles. The van der Waals surface area contributed by atoms with Crippen molar-refractivity contribution in [2.24, 2.45) is 23.7 Å². The number of rotatable bonds is 7. The van der Waals surface area contributed by atoms with Gasteiger partial charge in [0.1, 0.15) is 0 Å². The fraction of sp³-hybridized carbons (Fsp3) is 1.00. The zero-order valence-electron chi connectivity index (χ0n) is 10.6. The first-order chi connectivity index (χ1) is 6.69. The Hall–Kier alpha value is 0. The van der Waals surface area contributed by atoms with E-state index in [9.17, 15) is 0 Å². The highest BCUT2D eigenvalue weighted by atomic mass is 14.4. The van der Waals surface area contributed by atoms with Crippen LogP contribution in [0.4, 0.5) is 0 Å². The van der Waals surface area contributed by atoms with Gasteiger partial charge in [0.25, 0.3) is 0 Å². The molecule has 0 aromatic rings. The molecule has 0 bridgehead atoms. The van der Waals surface area contributed by atoms with Crippen LogP contribution >= 0.6 is 0 Å². The first-order valence-corrected chi connectivity index (χ1v) is 6.69. The van der Waals surface area contributed by atoms with Gasteiger partial charge in [-0.2, -0.15) is 0 Å². The minimum absolute atomic E-state index is 0.957. The summed E-state index contributed by atoms with van der Waals surface area (Å²) in [6.45, 7) is 9.54. The summed E-state index contributed by atoms with van der Waals surface area (Å²) in [5.74, 6) is 4.11. The Bertz CT molecular complexity index is 150. The molecule has 0 heterocycles. The van der Waals surface area contributed by atoms with Crippen molar-refractivity contribution in [2.45, 2.75) is 66.2 Å². The molecule has 0 nitrogen and oxygen atoms in total. The third kappa shape index (κ3) is 3.63. The third-order valence-corrected chi connectivity index (χ3v) is 4.26. The molecule has 1 aliphatic rings. The molecule has 4 unspecified atom stereocenters. The molecule has 0 aliphatic heterocycles. The Morgan fingerprint density at radius 1 is 1.21 bits per heavy atom. The summed E-state index contributed by atoms with van der Waals surface area (Å²) in [6, 6.07) is 0. The van der Waals surface area contributed by atoms with Crippen LogP contribution in [0.1, 0.15) is 66.2 Å². The first-order valence-electron chi connectivity index (χ1n) is 6.69. The van der Waals surface area contributed by atoms with E-state index in [1.165, 1.54) is 38.5 Å². The van der Waals surface area contributed by atoms with Crippen LogP contribution in [0.25, 0.3) is 0 Å². The molecule has 4 atom stereocenters. The van der Waals surface area contributed by atoms with E-state index in [4.69, 9.17) is 0 Å². The van der Waals surface area contributed by atoms with Crippen LogP contribution in [-0.4, -0.2) is 0 Å². The summed E-state index contributed by atoms with van der Waals surface area (Å²) in [4.78, 5) is 0. The lowest BCUT2D eigenvalue weighted by atomic mass is 9.84. The molecule has 14 heavy (non-hydrogen) atoms. The van der Waals surface area contributed by atoms with Gasteiger partial charge in [0.15, 0.2) is 0 Å². The van der Waals surface area contributed by atoms with Crippen molar-refractivity contribution in [1.82, 2.24) is 0 Å². The van der Waals surface area contributed by atoms with E-state index in [2.05, 4.69) is 27.7 Å². The lowest BCUT2D eigenvalue weighted by Crippen LogP contribution is -2.11. The monoisotopic (exact) mass is 196 g/mol. The summed E-state index contributed by atoms with van der Waals surface area (Å²) < 4.78 is 0. The van der Waals surface area contributed by atoms with Crippen LogP contribution < -0.4 is 0 Å². The van der Waals surface area contributed by atoms with Crippen LogP contribution in [0.3, 0.4) is 0 Å². The second kappa shape index (κ2) is 5.78. The van der Waals surface area contributed by atoms with Gasteiger partial charge in [-0.15, -0.1) is 0 Å². The molecule has 1 saturated carbocycles. The van der Waals surface area contributed by atoms with Crippen LogP contribution in [0.5, 0.6) is 0 Å². The predicted molar refractivity (Wildman–Crippen MR) is 64.4 cm³/mol. The maximum atomic E-state index is 2.45. The summed E-state index contributed by atoms with van der Waals surface area (Å²) in [6.07, 6.45) is 8.69. The minimum Gasteiger partial charge on any atom is -0.0654 e. The first kappa shape index (κ1) is 12.1. The van der Waals surface area contributed by atoms with Crippen LogP contribution in [0.15, 0.2) is 0 Å². The van der Waals surface area contributed by atoms with E-state index in [0.29, 0.717) is 0 Å². The Kier molecular flexibility index (Phi) is 4.98. The van der Waals surface area contributed by atoms with Gasteiger partial charge < -0.3 is 0 Å². The second-order valence-corrected chi connectivity index (χ2v) is 5.48. The molecule has 84 valence electrons. The highest BCUT2D eigenvalue weighted by Crippen LogP contribution is 2.43. The van der Waals surface area contributed by atoms with Gasteiger partial charge in [-0.25, -0.2) is 0 Å². The van der Waals surface area contributed by atoms with Crippen molar-refractivity contribution in [2.75, 3.05) is 0 Å². The van der Waals surface area contributed by atoms with Gasteiger partial charge in [0.05, 0.1) is 0 Å².